The topological polar surface area (TPSA) is 85.6 Å². The monoisotopic (exact) mass is 576 g/mol. The molecule has 4 rings (SSSR count). The van der Waals surface area contributed by atoms with E-state index in [0.29, 0.717) is 19.8 Å². The Kier molecular flexibility index (Phi) is 9.55. The smallest absolute Gasteiger partial charge is 0.192 e. The summed E-state index contributed by atoms with van der Waals surface area (Å²) in [6.07, 6.45) is 1.73. The van der Waals surface area contributed by atoms with Crippen LogP contribution in [0.15, 0.2) is 53.5 Å². The van der Waals surface area contributed by atoms with Gasteiger partial charge in [-0.05, 0) is 44.0 Å². The minimum absolute atomic E-state index is 0. The third kappa shape index (κ3) is 6.62. The summed E-state index contributed by atoms with van der Waals surface area (Å²) in [5, 5.41) is 15.5. The number of nitrogens with zero attached hydrogens (tertiary/aromatic N) is 4. The van der Waals surface area contributed by atoms with Crippen LogP contribution < -0.4 is 20.1 Å². The Morgan fingerprint density at radius 3 is 2.85 bits per heavy atom. The summed E-state index contributed by atoms with van der Waals surface area (Å²) >= 11 is 0. The molecule has 9 heteroatoms. The highest BCUT2D eigenvalue weighted by Gasteiger charge is 2.22. The van der Waals surface area contributed by atoms with E-state index in [0.717, 1.165) is 54.1 Å². The zero-order chi connectivity index (χ0) is 23.0. The van der Waals surface area contributed by atoms with Crippen molar-refractivity contribution in [2.45, 2.75) is 39.3 Å². The molecule has 0 saturated heterocycles. The molecule has 1 unspecified atom stereocenters. The largest absolute Gasteiger partial charge is 0.494 e. The average Bonchev–Trinajstić information content (AvgIpc) is 3.15. The van der Waals surface area contributed by atoms with E-state index in [4.69, 9.17) is 14.5 Å². The zero-order valence-corrected chi connectivity index (χ0v) is 22.3. The van der Waals surface area contributed by atoms with Crippen molar-refractivity contribution in [3.05, 3.63) is 71.3 Å². The number of halogens is 1. The number of aryl methyl sites for hydroxylation is 1. The van der Waals surface area contributed by atoms with Gasteiger partial charge in [0.2, 0.25) is 0 Å². The van der Waals surface area contributed by atoms with Crippen molar-refractivity contribution < 1.29 is 9.47 Å². The van der Waals surface area contributed by atoms with E-state index < -0.39 is 0 Å². The highest BCUT2D eigenvalue weighted by molar-refractivity contribution is 14.0. The zero-order valence-electron chi connectivity index (χ0n) is 20.0. The number of ether oxygens (including phenoxy) is 2. The summed E-state index contributed by atoms with van der Waals surface area (Å²) < 4.78 is 13.4. The van der Waals surface area contributed by atoms with Crippen LogP contribution >= 0.6 is 24.0 Å². The van der Waals surface area contributed by atoms with Gasteiger partial charge in [0.25, 0.3) is 0 Å². The molecule has 0 aliphatic carbocycles. The number of fused-ring (bicyclic) bond motifs is 1. The lowest BCUT2D eigenvalue weighted by Gasteiger charge is -2.28. The Bertz CT molecular complexity index is 1100. The predicted octanol–water partition coefficient (Wildman–Crippen LogP) is 3.94. The number of benzene rings is 2. The van der Waals surface area contributed by atoms with E-state index in [-0.39, 0.29) is 30.0 Å². The van der Waals surface area contributed by atoms with Gasteiger partial charge in [-0.3, -0.25) is 0 Å². The van der Waals surface area contributed by atoms with E-state index in [1.165, 1.54) is 5.56 Å². The number of guanidine groups is 1. The number of aromatic nitrogens is 3. The molecule has 0 fully saturated rings. The first-order valence-electron chi connectivity index (χ1n) is 11.5. The summed E-state index contributed by atoms with van der Waals surface area (Å²) in [5.74, 6) is 4.27. The molecule has 1 atom stereocenters. The van der Waals surface area contributed by atoms with Crippen molar-refractivity contribution in [3.8, 4) is 11.5 Å². The van der Waals surface area contributed by atoms with E-state index in [9.17, 15) is 0 Å². The van der Waals surface area contributed by atoms with Crippen LogP contribution in [-0.2, 0) is 20.0 Å². The van der Waals surface area contributed by atoms with Crippen molar-refractivity contribution in [1.82, 2.24) is 25.4 Å². The van der Waals surface area contributed by atoms with Crippen LogP contribution in [0.4, 0.5) is 0 Å². The SMILES string of the molecule is CCOc1cccc(CCNC(=NCc2nnc(C)n2C)NC2CCOc3ccccc32)c1.I. The van der Waals surface area contributed by atoms with Gasteiger partial charge in [-0.25, -0.2) is 4.99 Å². The minimum Gasteiger partial charge on any atom is -0.494 e. The predicted molar refractivity (Wildman–Crippen MR) is 144 cm³/mol. The molecule has 34 heavy (non-hydrogen) atoms. The number of para-hydroxylation sites is 1. The van der Waals surface area contributed by atoms with Gasteiger partial charge in [0.15, 0.2) is 11.8 Å². The molecule has 0 saturated carbocycles. The number of aliphatic imine (C=N–C) groups is 1. The van der Waals surface area contributed by atoms with Crippen molar-refractivity contribution >= 4 is 29.9 Å². The van der Waals surface area contributed by atoms with Crippen LogP contribution in [0, 0.1) is 6.92 Å². The Hall–Kier alpha value is -2.82. The van der Waals surface area contributed by atoms with E-state index in [1.54, 1.807) is 0 Å². The molecule has 1 aliphatic rings. The quantitative estimate of drug-likeness (QED) is 0.240. The first kappa shape index (κ1) is 25.8. The molecule has 0 amide bonds. The number of hydrogen-bond donors (Lipinski definition) is 2. The summed E-state index contributed by atoms with van der Waals surface area (Å²) in [6.45, 7) is 6.45. The van der Waals surface area contributed by atoms with Crippen molar-refractivity contribution in [3.63, 3.8) is 0 Å². The third-order valence-electron chi connectivity index (χ3n) is 5.75. The Labute approximate surface area is 218 Å². The standard InChI is InChI=1S/C25H32N6O2.HI/c1-4-32-20-9-7-8-19(16-20)12-14-26-25(27-17-24-30-29-18(2)31(24)3)28-22-13-15-33-23-11-6-5-10-21(22)23;/h5-11,16,22H,4,12-15,17H2,1-3H3,(H2,26,27,28);1H. The minimum atomic E-state index is 0. The second kappa shape index (κ2) is 12.6. The van der Waals surface area contributed by atoms with Crippen LogP contribution in [0.5, 0.6) is 11.5 Å². The van der Waals surface area contributed by atoms with E-state index >= 15 is 0 Å². The van der Waals surface area contributed by atoms with Gasteiger partial charge < -0.3 is 24.7 Å². The Morgan fingerprint density at radius 1 is 1.21 bits per heavy atom. The van der Waals surface area contributed by atoms with Gasteiger partial charge in [0, 0.05) is 25.6 Å². The molecular formula is C25H33IN6O2. The normalized spacial score (nSPS) is 15.0. The average molecular weight is 576 g/mol. The lowest BCUT2D eigenvalue weighted by molar-refractivity contribution is 0.261. The highest BCUT2D eigenvalue weighted by Crippen LogP contribution is 2.31. The van der Waals surface area contributed by atoms with Crippen molar-refractivity contribution in [1.29, 1.82) is 0 Å². The molecule has 2 aromatic carbocycles. The van der Waals surface area contributed by atoms with Gasteiger partial charge in [0.05, 0.1) is 19.3 Å². The lowest BCUT2D eigenvalue weighted by Crippen LogP contribution is -2.42. The van der Waals surface area contributed by atoms with E-state index in [1.807, 2.05) is 55.8 Å². The molecule has 1 aliphatic heterocycles. The molecular weight excluding hydrogens is 543 g/mol. The molecule has 2 N–H and O–H groups in total. The number of hydrogen-bond acceptors (Lipinski definition) is 5. The first-order valence-corrected chi connectivity index (χ1v) is 11.5. The maximum Gasteiger partial charge on any atom is 0.192 e. The molecule has 2 heterocycles. The van der Waals surface area contributed by atoms with Crippen LogP contribution in [0.1, 0.15) is 42.2 Å². The van der Waals surface area contributed by atoms with Gasteiger partial charge >= 0.3 is 0 Å². The Morgan fingerprint density at radius 2 is 2.06 bits per heavy atom. The number of nitrogens with one attached hydrogen (secondary N) is 2. The molecule has 3 aromatic rings. The van der Waals surface area contributed by atoms with Crippen LogP contribution in [0.25, 0.3) is 0 Å². The van der Waals surface area contributed by atoms with E-state index in [2.05, 4.69) is 39.0 Å². The van der Waals surface area contributed by atoms with Gasteiger partial charge in [-0.1, -0.05) is 30.3 Å². The van der Waals surface area contributed by atoms with Crippen molar-refractivity contribution in [2.75, 3.05) is 19.8 Å². The Balaban J connectivity index is 0.00000324. The maximum atomic E-state index is 5.82. The summed E-state index contributed by atoms with van der Waals surface area (Å²) in [4.78, 5) is 4.82. The highest BCUT2D eigenvalue weighted by atomic mass is 127. The molecule has 0 spiro atoms. The summed E-state index contributed by atoms with van der Waals surface area (Å²) in [5.41, 5.74) is 2.37. The fourth-order valence-electron chi connectivity index (χ4n) is 3.83. The van der Waals surface area contributed by atoms with Crippen LogP contribution in [0.3, 0.4) is 0 Å². The first-order chi connectivity index (χ1) is 16.1. The maximum absolute atomic E-state index is 5.82. The van der Waals surface area contributed by atoms with Gasteiger partial charge in [-0.15, -0.1) is 34.2 Å². The van der Waals surface area contributed by atoms with Crippen LogP contribution in [0.2, 0.25) is 0 Å². The van der Waals surface area contributed by atoms with Crippen molar-refractivity contribution in [2.24, 2.45) is 12.0 Å². The second-order valence-corrected chi connectivity index (χ2v) is 8.02. The molecule has 182 valence electrons. The molecule has 1 aromatic heterocycles. The fourth-order valence-corrected chi connectivity index (χ4v) is 3.83. The number of rotatable bonds is 8. The third-order valence-corrected chi connectivity index (χ3v) is 5.75. The second-order valence-electron chi connectivity index (χ2n) is 8.02. The summed E-state index contributed by atoms with van der Waals surface area (Å²) in [7, 11) is 1.96. The fraction of sp³-hybridized carbons (Fsp3) is 0.400. The molecule has 0 radical (unpaired) electrons. The van der Waals surface area contributed by atoms with Gasteiger partial charge in [0.1, 0.15) is 23.9 Å². The summed E-state index contributed by atoms with van der Waals surface area (Å²) in [6, 6.07) is 16.5. The lowest BCUT2D eigenvalue weighted by atomic mass is 10.0. The van der Waals surface area contributed by atoms with Crippen LogP contribution in [-0.4, -0.2) is 40.5 Å². The van der Waals surface area contributed by atoms with Gasteiger partial charge in [-0.2, -0.15) is 0 Å². The molecule has 8 nitrogen and oxygen atoms in total. The molecule has 0 bridgehead atoms.